The fraction of sp³-hybridized carbons (Fsp3) is 0. The largest absolute Gasteiger partial charge is 0.326 e. The van der Waals surface area contributed by atoms with Crippen molar-refractivity contribution in [2.24, 2.45) is 0 Å². The molecule has 0 aromatic heterocycles. The summed E-state index contributed by atoms with van der Waals surface area (Å²) in [4.78, 5) is 1.69. The Hall–Kier alpha value is -0.323. The van der Waals surface area contributed by atoms with Gasteiger partial charge in [0, 0.05) is 9.79 Å². The Morgan fingerprint density at radius 1 is 0.722 bits per heavy atom. The smallest absolute Gasteiger partial charge is 0.249 e. The molecule has 2 aromatic carbocycles. The van der Waals surface area contributed by atoms with Crippen molar-refractivity contribution in [2.75, 3.05) is 0 Å². The highest BCUT2D eigenvalue weighted by Crippen LogP contribution is 2.14. The SMILES string of the molecule is Cl[SiH](Cl)Cl.O=S(c1ccccc1)c1ccccc1. The maximum absolute atomic E-state index is 12.0. The van der Waals surface area contributed by atoms with Crippen molar-refractivity contribution in [1.82, 2.24) is 0 Å². The van der Waals surface area contributed by atoms with Crippen LogP contribution in [-0.2, 0) is 10.8 Å². The third kappa shape index (κ3) is 6.02. The van der Waals surface area contributed by atoms with Crippen LogP contribution in [0.25, 0.3) is 0 Å². The molecule has 0 fully saturated rings. The maximum atomic E-state index is 12.0. The summed E-state index contributed by atoms with van der Waals surface area (Å²) in [6, 6.07) is 19.0. The van der Waals surface area contributed by atoms with Crippen LogP contribution < -0.4 is 0 Å². The Balaban J connectivity index is 0.000000357. The van der Waals surface area contributed by atoms with E-state index in [0.717, 1.165) is 9.79 Å². The first-order valence-electron chi connectivity index (χ1n) is 5.05. The molecular weight excluding hydrogens is 327 g/mol. The zero-order valence-corrected chi connectivity index (χ0v) is 13.5. The highest BCUT2D eigenvalue weighted by molar-refractivity contribution is 7.85. The van der Waals surface area contributed by atoms with Gasteiger partial charge in [0.05, 0.1) is 10.8 Å². The van der Waals surface area contributed by atoms with Gasteiger partial charge in [0.15, 0.2) is 0 Å². The predicted molar refractivity (Wildman–Crippen MR) is 82.3 cm³/mol. The second kappa shape index (κ2) is 8.72. The Bertz CT molecular complexity index is 435. The number of halogens is 3. The molecule has 0 aliphatic carbocycles. The normalized spacial score (nSPS) is 10.1. The van der Waals surface area contributed by atoms with Crippen LogP contribution in [0.2, 0.25) is 0 Å². The summed E-state index contributed by atoms with van der Waals surface area (Å²) in [7, 11) is -1.05. The van der Waals surface area contributed by atoms with Crippen molar-refractivity contribution in [3.8, 4) is 0 Å². The van der Waals surface area contributed by atoms with E-state index in [2.05, 4.69) is 0 Å². The summed E-state index contributed by atoms with van der Waals surface area (Å²) < 4.78 is 12.0. The molecule has 0 spiro atoms. The summed E-state index contributed by atoms with van der Waals surface area (Å²) in [6.07, 6.45) is 0. The fourth-order valence-corrected chi connectivity index (χ4v) is 2.31. The second-order valence-corrected chi connectivity index (χ2v) is 11.1. The van der Waals surface area contributed by atoms with E-state index in [1.807, 2.05) is 60.7 Å². The van der Waals surface area contributed by atoms with Crippen molar-refractivity contribution in [2.45, 2.75) is 9.79 Å². The van der Waals surface area contributed by atoms with Gasteiger partial charge in [0.2, 0.25) is 0 Å². The quantitative estimate of drug-likeness (QED) is 0.590. The highest BCUT2D eigenvalue weighted by Gasteiger charge is 2.04. The monoisotopic (exact) mass is 336 g/mol. The molecule has 0 amide bonds. The molecule has 18 heavy (non-hydrogen) atoms. The molecule has 0 radical (unpaired) electrons. The predicted octanol–water partition coefficient (Wildman–Crippen LogP) is 4.27. The van der Waals surface area contributed by atoms with Gasteiger partial charge >= 0.3 is 6.73 Å². The molecular formula is C12H11Cl3OSSi. The van der Waals surface area contributed by atoms with Crippen LogP contribution in [0.4, 0.5) is 0 Å². The molecule has 0 unspecified atom stereocenters. The van der Waals surface area contributed by atoms with Crippen LogP contribution >= 0.6 is 33.2 Å². The summed E-state index contributed by atoms with van der Waals surface area (Å²) >= 11 is 14.8. The number of benzene rings is 2. The first-order valence-corrected chi connectivity index (χ1v) is 11.4. The zero-order chi connectivity index (χ0) is 13.4. The first kappa shape index (κ1) is 15.7. The molecule has 6 heteroatoms. The number of hydrogen-bond acceptors (Lipinski definition) is 1. The number of hydrogen-bond donors (Lipinski definition) is 0. The minimum Gasteiger partial charge on any atom is -0.249 e. The third-order valence-corrected chi connectivity index (χ3v) is 3.32. The van der Waals surface area contributed by atoms with Gasteiger partial charge in [-0.25, -0.2) is 4.21 Å². The first-order chi connectivity index (χ1) is 8.61. The van der Waals surface area contributed by atoms with E-state index in [1.165, 1.54) is 0 Å². The van der Waals surface area contributed by atoms with Gasteiger partial charge < -0.3 is 0 Å². The average Bonchev–Trinajstić information content (AvgIpc) is 2.39. The van der Waals surface area contributed by atoms with Crippen LogP contribution in [0.3, 0.4) is 0 Å². The topological polar surface area (TPSA) is 17.1 Å². The molecule has 0 N–H and O–H groups in total. The van der Waals surface area contributed by atoms with Crippen molar-refractivity contribution in [3.63, 3.8) is 0 Å². The average molecular weight is 338 g/mol. The minimum atomic E-state index is -1.72. The molecule has 0 saturated heterocycles. The Labute approximate surface area is 125 Å². The Kier molecular flexibility index (Phi) is 7.62. The molecule has 2 rings (SSSR count). The fourth-order valence-electron chi connectivity index (χ4n) is 1.22. The lowest BCUT2D eigenvalue weighted by Gasteiger charge is -2.00. The molecule has 0 aliphatic heterocycles. The van der Waals surface area contributed by atoms with Gasteiger partial charge in [-0.1, -0.05) is 36.4 Å². The van der Waals surface area contributed by atoms with E-state index in [9.17, 15) is 4.21 Å². The van der Waals surface area contributed by atoms with Gasteiger partial charge in [-0.15, -0.1) is 33.2 Å². The van der Waals surface area contributed by atoms with Gasteiger partial charge in [0.1, 0.15) is 0 Å². The van der Waals surface area contributed by atoms with E-state index in [4.69, 9.17) is 33.2 Å². The van der Waals surface area contributed by atoms with Crippen LogP contribution in [0.1, 0.15) is 0 Å². The third-order valence-electron chi connectivity index (χ3n) is 1.91. The summed E-state index contributed by atoms with van der Waals surface area (Å²) in [5, 5.41) is 0. The van der Waals surface area contributed by atoms with Gasteiger partial charge in [0.25, 0.3) is 0 Å². The van der Waals surface area contributed by atoms with Crippen molar-refractivity contribution < 1.29 is 4.21 Å². The standard InChI is InChI=1S/C12H10OS.Cl3HSi/c13-14(11-7-3-1-4-8-11)12-9-5-2-6-10-12;1-4(2)3/h1-10H;4H. The lowest BCUT2D eigenvalue weighted by Crippen LogP contribution is -1.91. The van der Waals surface area contributed by atoms with Crippen molar-refractivity contribution in [1.29, 1.82) is 0 Å². The van der Waals surface area contributed by atoms with E-state index in [0.29, 0.717) is 0 Å². The van der Waals surface area contributed by atoms with Crippen LogP contribution in [0, 0.1) is 0 Å². The van der Waals surface area contributed by atoms with Gasteiger partial charge in [-0.2, -0.15) is 0 Å². The molecule has 0 bridgehead atoms. The van der Waals surface area contributed by atoms with Gasteiger partial charge in [-0.05, 0) is 24.3 Å². The van der Waals surface area contributed by atoms with E-state index < -0.39 is 17.5 Å². The molecule has 0 aliphatic rings. The van der Waals surface area contributed by atoms with Crippen LogP contribution in [0.15, 0.2) is 70.5 Å². The second-order valence-electron chi connectivity index (χ2n) is 3.14. The molecule has 0 saturated carbocycles. The zero-order valence-electron chi connectivity index (χ0n) is 9.30. The van der Waals surface area contributed by atoms with Crippen LogP contribution in [0.5, 0.6) is 0 Å². The summed E-state index contributed by atoms with van der Waals surface area (Å²) in [5.41, 5.74) is 0. The lowest BCUT2D eigenvalue weighted by molar-refractivity contribution is 0.683. The highest BCUT2D eigenvalue weighted by atomic mass is 35.8. The molecule has 0 atom stereocenters. The van der Waals surface area contributed by atoms with Gasteiger partial charge in [-0.3, -0.25) is 0 Å². The minimum absolute atomic E-state index is 0.846. The summed E-state index contributed by atoms with van der Waals surface area (Å²) in [6.45, 7) is -1.72. The summed E-state index contributed by atoms with van der Waals surface area (Å²) in [5.74, 6) is 0. The maximum Gasteiger partial charge on any atom is 0.326 e. The van der Waals surface area contributed by atoms with E-state index in [1.54, 1.807) is 0 Å². The van der Waals surface area contributed by atoms with Crippen molar-refractivity contribution in [3.05, 3.63) is 60.7 Å². The number of rotatable bonds is 2. The molecule has 1 nitrogen and oxygen atoms in total. The molecule has 0 heterocycles. The lowest BCUT2D eigenvalue weighted by atomic mass is 10.4. The Morgan fingerprint density at radius 3 is 1.28 bits per heavy atom. The Morgan fingerprint density at radius 2 is 1.00 bits per heavy atom. The molecule has 2 aromatic rings. The van der Waals surface area contributed by atoms with E-state index >= 15 is 0 Å². The van der Waals surface area contributed by atoms with Crippen molar-refractivity contribution >= 4 is 50.8 Å². The van der Waals surface area contributed by atoms with Crippen LogP contribution in [-0.4, -0.2) is 10.9 Å². The molecule has 96 valence electrons. The van der Waals surface area contributed by atoms with E-state index in [-0.39, 0.29) is 0 Å².